The minimum Gasteiger partial charge on any atom is -0.448 e. The summed E-state index contributed by atoms with van der Waals surface area (Å²) in [5.41, 5.74) is 2.68. The maximum Gasteiger partial charge on any atom is 0.427 e. The maximum atomic E-state index is 11.2. The third kappa shape index (κ3) is 5.36. The summed E-state index contributed by atoms with van der Waals surface area (Å²) in [5.74, 6) is 0. The van der Waals surface area contributed by atoms with Gasteiger partial charge in [0.15, 0.2) is 0 Å². The Morgan fingerprint density at radius 3 is 3.00 bits per heavy atom. The summed E-state index contributed by atoms with van der Waals surface area (Å²) >= 11 is 0. The standard InChI is InChI=1S/C11H18N4O4/c1-3-4-5-6-7-18-11(16)13-12-8-10-9(2)15(17)19-14-10/h8H,3-7H2,1-2H3,(H,13,16)/b12-8+. The highest BCUT2D eigenvalue weighted by Gasteiger charge is 2.11. The summed E-state index contributed by atoms with van der Waals surface area (Å²) < 4.78 is 9.22. The van der Waals surface area contributed by atoms with Crippen molar-refractivity contribution in [2.24, 2.45) is 5.10 Å². The van der Waals surface area contributed by atoms with Crippen molar-refractivity contribution < 1.29 is 19.1 Å². The number of carbonyl (C=O) groups excluding carboxylic acids is 1. The first kappa shape index (κ1) is 14.9. The van der Waals surface area contributed by atoms with Gasteiger partial charge in [-0.3, -0.25) is 4.63 Å². The Morgan fingerprint density at radius 1 is 1.58 bits per heavy atom. The molecule has 8 nitrogen and oxygen atoms in total. The van der Waals surface area contributed by atoms with Crippen LogP contribution in [0.4, 0.5) is 4.79 Å². The van der Waals surface area contributed by atoms with E-state index >= 15 is 0 Å². The zero-order valence-corrected chi connectivity index (χ0v) is 11.1. The summed E-state index contributed by atoms with van der Waals surface area (Å²) in [6.07, 6.45) is 4.71. The van der Waals surface area contributed by atoms with E-state index in [9.17, 15) is 10.0 Å². The van der Waals surface area contributed by atoms with Gasteiger partial charge < -0.3 is 9.94 Å². The smallest absolute Gasteiger partial charge is 0.427 e. The molecule has 0 aromatic carbocycles. The molecule has 0 fully saturated rings. The van der Waals surface area contributed by atoms with E-state index in [1.54, 1.807) is 0 Å². The highest BCUT2D eigenvalue weighted by molar-refractivity contribution is 5.78. The molecule has 0 aliphatic carbocycles. The molecule has 0 unspecified atom stereocenters. The lowest BCUT2D eigenvalue weighted by atomic mass is 10.2. The van der Waals surface area contributed by atoms with Crippen LogP contribution in [0.15, 0.2) is 9.73 Å². The average molecular weight is 270 g/mol. The molecular formula is C11H18N4O4. The first-order valence-electron chi connectivity index (χ1n) is 6.17. The minimum atomic E-state index is -0.635. The van der Waals surface area contributed by atoms with E-state index < -0.39 is 6.09 Å². The zero-order chi connectivity index (χ0) is 14.1. The number of nitrogens with one attached hydrogen (secondary N) is 1. The molecule has 0 saturated heterocycles. The highest BCUT2D eigenvalue weighted by atomic mass is 16.8. The van der Waals surface area contributed by atoms with Crippen molar-refractivity contribution in [3.8, 4) is 0 Å². The van der Waals surface area contributed by atoms with Crippen molar-refractivity contribution in [2.45, 2.75) is 39.5 Å². The predicted octanol–water partition coefficient (Wildman–Crippen LogP) is 1.26. The van der Waals surface area contributed by atoms with Crippen molar-refractivity contribution >= 4 is 12.3 Å². The van der Waals surface area contributed by atoms with Crippen LogP contribution >= 0.6 is 0 Å². The number of aromatic nitrogens is 2. The molecule has 0 spiro atoms. The Bertz CT molecular complexity index is 430. The van der Waals surface area contributed by atoms with E-state index in [-0.39, 0.29) is 16.3 Å². The van der Waals surface area contributed by atoms with Crippen LogP contribution in [0.25, 0.3) is 0 Å². The van der Waals surface area contributed by atoms with Crippen molar-refractivity contribution in [2.75, 3.05) is 6.61 Å². The van der Waals surface area contributed by atoms with Crippen LogP contribution < -0.4 is 10.3 Å². The molecule has 1 aromatic heterocycles. The SMILES string of the molecule is CCCCCCOC(=O)N/N=C/c1no[n+]([O-])c1C. The van der Waals surface area contributed by atoms with E-state index in [0.717, 1.165) is 25.7 Å². The Labute approximate surface area is 111 Å². The molecule has 0 aliphatic heterocycles. The average Bonchev–Trinajstić information content (AvgIpc) is 2.70. The first-order chi connectivity index (χ1) is 9.15. The molecule has 1 N–H and O–H groups in total. The van der Waals surface area contributed by atoms with Gasteiger partial charge in [-0.05, 0) is 11.3 Å². The third-order valence-electron chi connectivity index (χ3n) is 2.43. The number of ether oxygens (including phenoxy) is 1. The molecule has 1 rings (SSSR count). The summed E-state index contributed by atoms with van der Waals surface area (Å²) in [6.45, 7) is 4.00. The summed E-state index contributed by atoms with van der Waals surface area (Å²) in [4.78, 5) is 11.5. The van der Waals surface area contributed by atoms with Crippen LogP contribution in [-0.4, -0.2) is 24.1 Å². The topological polar surface area (TPSA) is 104 Å². The van der Waals surface area contributed by atoms with Gasteiger partial charge in [-0.2, -0.15) is 5.10 Å². The van der Waals surface area contributed by atoms with Gasteiger partial charge in [0.25, 0.3) is 5.69 Å². The van der Waals surface area contributed by atoms with Crippen molar-refractivity contribution in [3.63, 3.8) is 0 Å². The van der Waals surface area contributed by atoms with Crippen LogP contribution in [0, 0.1) is 12.1 Å². The Kier molecular flexibility index (Phi) is 6.34. The Balaban J connectivity index is 2.21. The number of hydrogen-bond donors (Lipinski definition) is 1. The molecule has 0 aliphatic rings. The van der Waals surface area contributed by atoms with E-state index in [4.69, 9.17) is 4.74 Å². The molecule has 0 radical (unpaired) electrons. The van der Waals surface area contributed by atoms with Crippen molar-refractivity contribution in [1.29, 1.82) is 0 Å². The van der Waals surface area contributed by atoms with Gasteiger partial charge in [-0.25, -0.2) is 10.2 Å². The van der Waals surface area contributed by atoms with E-state index in [1.165, 1.54) is 13.1 Å². The number of rotatable bonds is 7. The van der Waals surface area contributed by atoms with Gasteiger partial charge in [-0.15, -0.1) is 0 Å². The minimum absolute atomic E-state index is 0.248. The second kappa shape index (κ2) is 8.06. The van der Waals surface area contributed by atoms with E-state index in [2.05, 4.69) is 27.2 Å². The summed E-state index contributed by atoms with van der Waals surface area (Å²) in [7, 11) is 0. The number of hydrogen-bond acceptors (Lipinski definition) is 6. The zero-order valence-electron chi connectivity index (χ0n) is 11.1. The summed E-state index contributed by atoms with van der Waals surface area (Å²) in [6, 6.07) is 0. The van der Waals surface area contributed by atoms with Crippen molar-refractivity contribution in [3.05, 3.63) is 16.6 Å². The fourth-order valence-electron chi connectivity index (χ4n) is 1.29. The molecule has 0 saturated carbocycles. The second-order valence-electron chi connectivity index (χ2n) is 3.97. The molecule has 1 amide bonds. The molecule has 19 heavy (non-hydrogen) atoms. The molecule has 8 heteroatoms. The second-order valence-corrected chi connectivity index (χ2v) is 3.97. The number of carbonyl (C=O) groups is 1. The monoisotopic (exact) mass is 270 g/mol. The molecular weight excluding hydrogens is 252 g/mol. The third-order valence-corrected chi connectivity index (χ3v) is 2.43. The van der Waals surface area contributed by atoms with E-state index in [1.807, 2.05) is 0 Å². The van der Waals surface area contributed by atoms with Crippen LogP contribution in [0.1, 0.15) is 44.0 Å². The van der Waals surface area contributed by atoms with Crippen LogP contribution in [0.3, 0.4) is 0 Å². The lowest BCUT2D eigenvalue weighted by molar-refractivity contribution is -0.806. The number of nitrogens with zero attached hydrogens (tertiary/aromatic N) is 3. The Hall–Kier alpha value is -2.12. The normalized spacial score (nSPS) is 10.8. The first-order valence-corrected chi connectivity index (χ1v) is 6.17. The maximum absolute atomic E-state index is 11.2. The number of hydrazone groups is 1. The van der Waals surface area contributed by atoms with Crippen LogP contribution in [-0.2, 0) is 4.74 Å². The van der Waals surface area contributed by atoms with Crippen LogP contribution in [0.2, 0.25) is 0 Å². The van der Waals surface area contributed by atoms with Crippen molar-refractivity contribution in [1.82, 2.24) is 10.6 Å². The van der Waals surface area contributed by atoms with Gasteiger partial charge in [0.1, 0.15) is 6.21 Å². The quantitative estimate of drug-likeness (QED) is 0.347. The molecule has 0 bridgehead atoms. The molecule has 1 aromatic rings. The summed E-state index contributed by atoms with van der Waals surface area (Å²) in [5, 5.41) is 17.9. The molecule has 0 atom stereocenters. The lowest BCUT2D eigenvalue weighted by Gasteiger charge is -2.02. The number of unbranched alkanes of at least 4 members (excludes halogenated alkanes) is 3. The highest BCUT2D eigenvalue weighted by Crippen LogP contribution is 1.99. The van der Waals surface area contributed by atoms with Gasteiger partial charge in [-0.1, -0.05) is 26.2 Å². The van der Waals surface area contributed by atoms with Gasteiger partial charge in [0, 0.05) is 12.1 Å². The Morgan fingerprint density at radius 2 is 2.37 bits per heavy atom. The van der Waals surface area contributed by atoms with Crippen LogP contribution in [0.5, 0.6) is 0 Å². The molecule has 1 heterocycles. The predicted molar refractivity (Wildman–Crippen MR) is 66.4 cm³/mol. The van der Waals surface area contributed by atoms with E-state index in [0.29, 0.717) is 6.61 Å². The van der Waals surface area contributed by atoms with Gasteiger partial charge in [0.05, 0.1) is 6.61 Å². The fraction of sp³-hybridized carbons (Fsp3) is 0.636. The fourth-order valence-corrected chi connectivity index (χ4v) is 1.29. The lowest BCUT2D eigenvalue weighted by Crippen LogP contribution is -2.26. The van der Waals surface area contributed by atoms with Gasteiger partial charge >= 0.3 is 6.09 Å². The molecule has 106 valence electrons. The number of amides is 1. The van der Waals surface area contributed by atoms with Gasteiger partial charge in [0.2, 0.25) is 5.69 Å². The largest absolute Gasteiger partial charge is 0.448 e.